The summed E-state index contributed by atoms with van der Waals surface area (Å²) in [6.07, 6.45) is 8.17. The zero-order valence-electron chi connectivity index (χ0n) is 22.3. The van der Waals surface area contributed by atoms with Crippen LogP contribution in [-0.4, -0.2) is 66.9 Å². The number of para-hydroxylation sites is 2. The highest BCUT2D eigenvalue weighted by Crippen LogP contribution is 2.26. The van der Waals surface area contributed by atoms with Gasteiger partial charge in [-0.25, -0.2) is 19.9 Å². The summed E-state index contributed by atoms with van der Waals surface area (Å²) in [7, 11) is 0. The first kappa shape index (κ1) is 26.1. The molecule has 0 saturated carbocycles. The molecule has 1 aliphatic heterocycles. The summed E-state index contributed by atoms with van der Waals surface area (Å²) in [5.74, 6) is 3.26. The van der Waals surface area contributed by atoms with Crippen LogP contribution in [0, 0.1) is 12.3 Å². The predicted molar refractivity (Wildman–Crippen MR) is 152 cm³/mol. The lowest BCUT2D eigenvalue weighted by atomic mass is 10.2. The first-order valence-corrected chi connectivity index (χ1v) is 13.2. The number of hydrogen-bond donors (Lipinski definition) is 1. The molecule has 1 aromatic carbocycles. The average Bonchev–Trinajstić information content (AvgIpc) is 3.65. The van der Waals surface area contributed by atoms with E-state index < -0.39 is 6.23 Å². The molecule has 1 atom stereocenters. The molecule has 10 heteroatoms. The lowest BCUT2D eigenvalue weighted by Crippen LogP contribution is -2.50. The number of terminal acetylenes is 1. The molecule has 5 aromatic rings. The molecule has 10 nitrogen and oxygen atoms in total. The maximum absolute atomic E-state index is 13.3. The molecule has 1 fully saturated rings. The van der Waals surface area contributed by atoms with Crippen LogP contribution in [0.15, 0.2) is 75.6 Å². The van der Waals surface area contributed by atoms with Gasteiger partial charge in [-0.1, -0.05) is 30.3 Å². The van der Waals surface area contributed by atoms with E-state index in [9.17, 15) is 9.90 Å². The van der Waals surface area contributed by atoms with E-state index in [1.807, 2.05) is 42.2 Å². The lowest BCUT2D eigenvalue weighted by Gasteiger charge is -2.36. The van der Waals surface area contributed by atoms with Crippen molar-refractivity contribution in [2.75, 3.05) is 26.2 Å². The van der Waals surface area contributed by atoms with Crippen molar-refractivity contribution in [3.05, 3.63) is 89.6 Å². The quantitative estimate of drug-likeness (QED) is 0.309. The van der Waals surface area contributed by atoms with Gasteiger partial charge in [0.1, 0.15) is 28.3 Å². The number of aliphatic hydroxyl groups is 1. The molecule has 1 amide bonds. The van der Waals surface area contributed by atoms with Crippen molar-refractivity contribution in [1.82, 2.24) is 29.7 Å². The van der Waals surface area contributed by atoms with Crippen LogP contribution in [0.3, 0.4) is 0 Å². The van der Waals surface area contributed by atoms with Crippen LogP contribution in [0.5, 0.6) is 0 Å². The van der Waals surface area contributed by atoms with Crippen LogP contribution in [-0.2, 0) is 0 Å². The molecular formula is C31H26N6O4. The van der Waals surface area contributed by atoms with Gasteiger partial charge in [0.05, 0.1) is 5.69 Å². The smallest absolute Gasteiger partial charge is 0.272 e. The fourth-order valence-corrected chi connectivity index (χ4v) is 4.70. The number of benzene rings is 1. The van der Waals surface area contributed by atoms with Crippen LogP contribution in [0.25, 0.3) is 40.3 Å². The Morgan fingerprint density at radius 3 is 2.41 bits per heavy atom. The molecule has 0 bridgehead atoms. The van der Waals surface area contributed by atoms with Crippen LogP contribution < -0.4 is 0 Å². The summed E-state index contributed by atoms with van der Waals surface area (Å²) < 4.78 is 11.5. The van der Waals surface area contributed by atoms with Gasteiger partial charge in [0.25, 0.3) is 5.91 Å². The Bertz CT molecular complexity index is 1760. The molecule has 1 unspecified atom stereocenters. The molecule has 41 heavy (non-hydrogen) atoms. The van der Waals surface area contributed by atoms with Crippen molar-refractivity contribution < 1.29 is 18.7 Å². The maximum Gasteiger partial charge on any atom is 0.272 e. The molecule has 1 aliphatic rings. The summed E-state index contributed by atoms with van der Waals surface area (Å²) >= 11 is 0. The van der Waals surface area contributed by atoms with E-state index in [0.717, 1.165) is 5.52 Å². The number of amides is 1. The molecule has 1 N–H and O–H groups in total. The third kappa shape index (κ3) is 5.24. The molecule has 0 spiro atoms. The van der Waals surface area contributed by atoms with Crippen LogP contribution in [0.1, 0.15) is 40.8 Å². The second-order valence-electron chi connectivity index (χ2n) is 9.42. The number of fused-ring (bicyclic) bond motifs is 1. The summed E-state index contributed by atoms with van der Waals surface area (Å²) in [5.41, 5.74) is 3.65. The fourth-order valence-electron chi connectivity index (χ4n) is 4.70. The Morgan fingerprint density at radius 2 is 1.66 bits per heavy atom. The minimum atomic E-state index is -0.968. The van der Waals surface area contributed by atoms with E-state index in [1.165, 1.54) is 0 Å². The normalized spacial score (nSPS) is 14.9. The third-order valence-corrected chi connectivity index (χ3v) is 6.79. The molecule has 6 rings (SSSR count). The van der Waals surface area contributed by atoms with Crippen LogP contribution in [0.4, 0.5) is 0 Å². The lowest BCUT2D eigenvalue weighted by molar-refractivity contribution is -0.0266. The molecule has 204 valence electrons. The van der Waals surface area contributed by atoms with Crippen molar-refractivity contribution in [3.8, 4) is 35.5 Å². The Hall–Kier alpha value is -5.11. The van der Waals surface area contributed by atoms with E-state index in [1.54, 1.807) is 47.4 Å². The highest BCUT2D eigenvalue weighted by Gasteiger charge is 2.28. The van der Waals surface area contributed by atoms with Gasteiger partial charge in [0, 0.05) is 26.2 Å². The van der Waals surface area contributed by atoms with Gasteiger partial charge in [-0.15, -0.1) is 6.42 Å². The zero-order valence-corrected chi connectivity index (χ0v) is 22.3. The Labute approximate surface area is 236 Å². The van der Waals surface area contributed by atoms with E-state index in [-0.39, 0.29) is 11.8 Å². The van der Waals surface area contributed by atoms with Gasteiger partial charge in [-0.3, -0.25) is 9.69 Å². The van der Waals surface area contributed by atoms with E-state index >= 15 is 0 Å². The number of carbonyl (C=O) groups is 1. The van der Waals surface area contributed by atoms with Gasteiger partial charge in [-0.2, -0.15) is 0 Å². The van der Waals surface area contributed by atoms with Crippen molar-refractivity contribution in [2.24, 2.45) is 0 Å². The van der Waals surface area contributed by atoms with Crippen LogP contribution in [0.2, 0.25) is 0 Å². The number of pyridine rings is 2. The number of piperazine rings is 1. The Balaban J connectivity index is 1.13. The number of hydrogen-bond acceptors (Lipinski definition) is 9. The highest BCUT2D eigenvalue weighted by atomic mass is 16.4. The molecule has 0 aliphatic carbocycles. The van der Waals surface area contributed by atoms with Gasteiger partial charge in [-0.05, 0) is 55.3 Å². The number of aromatic nitrogens is 4. The molecular weight excluding hydrogens is 520 g/mol. The minimum Gasteiger partial charge on any atom is -0.435 e. The Morgan fingerprint density at radius 1 is 0.927 bits per heavy atom. The SMILES string of the molecule is C#Cc1oc(-c2cccc(C(O)N3CCN(C(=O)c4cccc(-c5nc6ccccc6o5)n4)CC3)n2)nc1/C=C\C. The minimum absolute atomic E-state index is 0.192. The molecule has 5 heterocycles. The van der Waals surface area contributed by atoms with Gasteiger partial charge in [0.15, 0.2) is 11.8 Å². The average molecular weight is 547 g/mol. The zero-order chi connectivity index (χ0) is 28.3. The van der Waals surface area contributed by atoms with E-state index in [2.05, 4.69) is 25.9 Å². The second-order valence-corrected chi connectivity index (χ2v) is 9.42. The molecule has 1 saturated heterocycles. The summed E-state index contributed by atoms with van der Waals surface area (Å²) in [6.45, 7) is 3.61. The predicted octanol–water partition coefficient (Wildman–Crippen LogP) is 4.40. The van der Waals surface area contributed by atoms with E-state index in [0.29, 0.717) is 71.9 Å². The number of carbonyl (C=O) groups excluding carboxylic acids is 1. The second kappa shape index (κ2) is 11.2. The van der Waals surface area contributed by atoms with Gasteiger partial charge < -0.3 is 18.8 Å². The number of oxazole rings is 2. The monoisotopic (exact) mass is 546 g/mol. The van der Waals surface area contributed by atoms with Gasteiger partial charge in [0.2, 0.25) is 17.5 Å². The molecule has 4 aromatic heterocycles. The van der Waals surface area contributed by atoms with Crippen molar-refractivity contribution in [2.45, 2.75) is 13.2 Å². The summed E-state index contributed by atoms with van der Waals surface area (Å²) in [5, 5.41) is 11.1. The Kier molecular flexibility index (Phi) is 7.12. The third-order valence-electron chi connectivity index (χ3n) is 6.79. The number of aliphatic hydroxyl groups excluding tert-OH is 1. The summed E-state index contributed by atoms with van der Waals surface area (Å²) in [4.78, 5) is 34.9. The summed E-state index contributed by atoms with van der Waals surface area (Å²) in [6, 6.07) is 18.0. The standard InChI is InChI=1S/C31H26N6O4/c1-3-9-20-26(4-2)40-28(34-20)22-11-7-13-24(32-22)30(38)36-16-18-37(19-17-36)31(39)25-14-8-12-23(33-25)29-35-21-10-5-6-15-27(21)41-29/h2-3,5-15,30,38H,16-19H2,1H3/b9-3-. The fraction of sp³-hybridized carbons (Fsp3) is 0.194. The first-order valence-electron chi connectivity index (χ1n) is 13.2. The number of allylic oxidation sites excluding steroid dienone is 1. The number of rotatable bonds is 6. The van der Waals surface area contributed by atoms with E-state index in [4.69, 9.17) is 15.3 Å². The van der Waals surface area contributed by atoms with Crippen molar-refractivity contribution >= 4 is 23.1 Å². The maximum atomic E-state index is 13.3. The van der Waals surface area contributed by atoms with Crippen molar-refractivity contribution in [1.29, 1.82) is 0 Å². The highest BCUT2D eigenvalue weighted by molar-refractivity contribution is 5.93. The van der Waals surface area contributed by atoms with Crippen LogP contribution >= 0.6 is 0 Å². The first-order chi connectivity index (χ1) is 20.0. The van der Waals surface area contributed by atoms with Crippen molar-refractivity contribution in [3.63, 3.8) is 0 Å². The topological polar surface area (TPSA) is 122 Å². The number of nitrogens with zero attached hydrogens (tertiary/aromatic N) is 6. The largest absolute Gasteiger partial charge is 0.435 e. The molecule has 0 radical (unpaired) electrons. The van der Waals surface area contributed by atoms with Gasteiger partial charge >= 0.3 is 0 Å².